The van der Waals surface area contributed by atoms with Gasteiger partial charge in [0.2, 0.25) is 5.91 Å². The summed E-state index contributed by atoms with van der Waals surface area (Å²) in [5.74, 6) is -1.45. The van der Waals surface area contributed by atoms with Crippen LogP contribution in [0.25, 0.3) is 0 Å². The third-order valence-corrected chi connectivity index (χ3v) is 3.04. The molecule has 0 heterocycles. The van der Waals surface area contributed by atoms with E-state index in [0.29, 0.717) is 25.7 Å². The molecule has 20 heavy (non-hydrogen) atoms. The maximum absolute atomic E-state index is 12.0. The van der Waals surface area contributed by atoms with Crippen LogP contribution in [0.2, 0.25) is 0 Å². The number of hydrogen-bond donors (Lipinski definition) is 2. The maximum atomic E-state index is 12.0. The van der Waals surface area contributed by atoms with E-state index in [0.717, 1.165) is 0 Å². The first-order chi connectivity index (χ1) is 9.26. The van der Waals surface area contributed by atoms with Gasteiger partial charge >= 0.3 is 12.1 Å². The number of carboxylic acid groups (broad SMARTS) is 1. The van der Waals surface area contributed by atoms with Gasteiger partial charge in [0.15, 0.2) is 0 Å². The first-order valence-corrected chi connectivity index (χ1v) is 6.46. The molecule has 0 aromatic carbocycles. The Bertz CT molecular complexity index is 346. The monoisotopic (exact) mass is 297 g/mol. The summed E-state index contributed by atoms with van der Waals surface area (Å²) >= 11 is 0. The van der Waals surface area contributed by atoms with Crippen molar-refractivity contribution in [3.05, 3.63) is 0 Å². The van der Waals surface area contributed by atoms with E-state index in [2.05, 4.69) is 5.32 Å². The van der Waals surface area contributed by atoms with Crippen molar-refractivity contribution in [1.29, 1.82) is 0 Å². The fourth-order valence-corrected chi connectivity index (χ4v) is 2.16. The Morgan fingerprint density at radius 1 is 1.25 bits per heavy atom. The van der Waals surface area contributed by atoms with Crippen molar-refractivity contribution in [2.75, 3.05) is 6.61 Å². The molecule has 1 rings (SSSR count). The molecule has 0 spiro atoms. The van der Waals surface area contributed by atoms with Gasteiger partial charge in [-0.15, -0.1) is 0 Å². The summed E-state index contributed by atoms with van der Waals surface area (Å²) in [5, 5.41) is 11.1. The van der Waals surface area contributed by atoms with E-state index in [4.69, 9.17) is 9.84 Å². The number of ether oxygens (including phenoxy) is 1. The Hall–Kier alpha value is -1.31. The summed E-state index contributed by atoms with van der Waals surface area (Å²) in [4.78, 5) is 21.8. The van der Waals surface area contributed by atoms with Gasteiger partial charge in [0.05, 0.1) is 12.5 Å². The summed E-state index contributed by atoms with van der Waals surface area (Å²) in [5.41, 5.74) is 0. The lowest BCUT2D eigenvalue weighted by atomic mass is 9.92. The number of rotatable bonds is 6. The molecule has 2 N–H and O–H groups in total. The minimum Gasteiger partial charge on any atom is -0.481 e. The Labute approximate surface area is 114 Å². The molecule has 0 aliphatic heterocycles. The molecule has 0 aromatic heterocycles. The van der Waals surface area contributed by atoms with E-state index in [-0.39, 0.29) is 18.9 Å². The van der Waals surface area contributed by atoms with Crippen molar-refractivity contribution in [3.63, 3.8) is 0 Å². The molecular weight excluding hydrogens is 279 g/mol. The lowest BCUT2D eigenvalue weighted by Crippen LogP contribution is -2.41. The molecule has 2 atom stereocenters. The second-order valence-electron chi connectivity index (χ2n) is 4.87. The van der Waals surface area contributed by atoms with Gasteiger partial charge in [-0.2, -0.15) is 13.2 Å². The van der Waals surface area contributed by atoms with Gasteiger partial charge in [-0.1, -0.05) is 0 Å². The highest BCUT2D eigenvalue weighted by Crippen LogP contribution is 2.24. The Kier molecular flexibility index (Phi) is 6.25. The molecular formula is C12H18F3NO4. The minimum absolute atomic E-state index is 0.125. The molecule has 2 unspecified atom stereocenters. The van der Waals surface area contributed by atoms with Crippen LogP contribution < -0.4 is 5.32 Å². The van der Waals surface area contributed by atoms with E-state index in [1.165, 1.54) is 0 Å². The number of amides is 1. The van der Waals surface area contributed by atoms with Gasteiger partial charge in [-0.25, -0.2) is 0 Å². The molecule has 1 aliphatic rings. The van der Waals surface area contributed by atoms with Crippen molar-refractivity contribution in [1.82, 2.24) is 5.32 Å². The number of hydrogen-bond acceptors (Lipinski definition) is 3. The molecule has 8 heteroatoms. The maximum Gasteiger partial charge on any atom is 0.411 e. The number of nitrogens with one attached hydrogen (secondary N) is 1. The zero-order valence-electron chi connectivity index (χ0n) is 10.9. The highest BCUT2D eigenvalue weighted by atomic mass is 19.4. The number of carboxylic acids is 1. The summed E-state index contributed by atoms with van der Waals surface area (Å²) < 4.78 is 40.9. The molecule has 1 amide bonds. The molecule has 0 bridgehead atoms. The van der Waals surface area contributed by atoms with Crippen LogP contribution in [0.4, 0.5) is 13.2 Å². The van der Waals surface area contributed by atoms with Crippen molar-refractivity contribution < 1.29 is 32.6 Å². The normalized spacial score (nSPS) is 23.4. The van der Waals surface area contributed by atoms with E-state index in [9.17, 15) is 22.8 Å². The summed E-state index contributed by atoms with van der Waals surface area (Å²) in [6.07, 6.45) is -3.04. The van der Waals surface area contributed by atoms with Gasteiger partial charge in [0, 0.05) is 12.5 Å². The number of halogens is 3. The van der Waals surface area contributed by atoms with Gasteiger partial charge < -0.3 is 15.2 Å². The average Bonchev–Trinajstić information content (AvgIpc) is 2.34. The lowest BCUT2D eigenvalue weighted by molar-refractivity contribution is -0.188. The molecule has 1 aliphatic carbocycles. The number of aliphatic carboxylic acids is 1. The largest absolute Gasteiger partial charge is 0.481 e. The fraction of sp³-hybridized carbons (Fsp3) is 0.833. The molecule has 1 saturated carbocycles. The first kappa shape index (κ1) is 16.7. The molecule has 5 nitrogen and oxygen atoms in total. The Morgan fingerprint density at radius 3 is 2.55 bits per heavy atom. The molecule has 1 fully saturated rings. The van der Waals surface area contributed by atoms with Gasteiger partial charge in [-0.05, 0) is 25.7 Å². The van der Waals surface area contributed by atoms with Crippen molar-refractivity contribution >= 4 is 11.9 Å². The molecule has 0 radical (unpaired) electrons. The Morgan fingerprint density at radius 2 is 1.95 bits per heavy atom. The lowest BCUT2D eigenvalue weighted by Gasteiger charge is -2.30. The molecule has 0 aromatic rings. The second kappa shape index (κ2) is 7.47. The van der Waals surface area contributed by atoms with E-state index in [1.807, 2.05) is 0 Å². The van der Waals surface area contributed by atoms with E-state index < -0.39 is 30.8 Å². The predicted molar refractivity (Wildman–Crippen MR) is 63.1 cm³/mol. The number of carbonyl (C=O) groups is 2. The van der Waals surface area contributed by atoms with Crippen LogP contribution in [0.1, 0.15) is 38.5 Å². The average molecular weight is 297 g/mol. The van der Waals surface area contributed by atoms with E-state index >= 15 is 0 Å². The summed E-state index contributed by atoms with van der Waals surface area (Å²) in [6.45, 7) is -1.28. The van der Waals surface area contributed by atoms with Crippen LogP contribution >= 0.6 is 0 Å². The highest BCUT2D eigenvalue weighted by molar-refractivity contribution is 5.80. The fourth-order valence-electron chi connectivity index (χ4n) is 2.16. The standard InChI is InChI=1S/C12H18F3NO4/c13-12(14,15)7-20-9-3-1-2-8(6-9)16-10(17)4-5-11(18)19/h8-9H,1-7H2,(H,16,17)(H,18,19). The van der Waals surface area contributed by atoms with Crippen molar-refractivity contribution in [2.24, 2.45) is 0 Å². The van der Waals surface area contributed by atoms with Crippen LogP contribution in [-0.4, -0.2) is 41.9 Å². The van der Waals surface area contributed by atoms with E-state index in [1.54, 1.807) is 0 Å². The van der Waals surface area contributed by atoms with Crippen LogP contribution in [0.5, 0.6) is 0 Å². The zero-order valence-corrected chi connectivity index (χ0v) is 10.9. The predicted octanol–water partition coefficient (Wildman–Crippen LogP) is 1.86. The SMILES string of the molecule is O=C(O)CCC(=O)NC1CCCC(OCC(F)(F)F)C1. The van der Waals surface area contributed by atoms with Gasteiger partial charge in [0.1, 0.15) is 6.61 Å². The summed E-state index contributed by atoms with van der Waals surface area (Å²) in [6, 6.07) is -0.247. The highest BCUT2D eigenvalue weighted by Gasteiger charge is 2.31. The van der Waals surface area contributed by atoms with Crippen LogP contribution in [0.3, 0.4) is 0 Å². The minimum atomic E-state index is -4.35. The number of carbonyl (C=O) groups excluding carboxylic acids is 1. The van der Waals surface area contributed by atoms with Crippen LogP contribution in [-0.2, 0) is 14.3 Å². The quantitative estimate of drug-likeness (QED) is 0.784. The van der Waals surface area contributed by atoms with Gasteiger partial charge in [0.25, 0.3) is 0 Å². The van der Waals surface area contributed by atoms with Crippen molar-refractivity contribution in [2.45, 2.75) is 56.8 Å². The zero-order chi connectivity index (χ0) is 15.2. The second-order valence-corrected chi connectivity index (χ2v) is 4.87. The third-order valence-electron chi connectivity index (χ3n) is 3.04. The first-order valence-electron chi connectivity index (χ1n) is 6.46. The van der Waals surface area contributed by atoms with Gasteiger partial charge in [-0.3, -0.25) is 9.59 Å². The Balaban J connectivity index is 2.29. The summed E-state index contributed by atoms with van der Waals surface area (Å²) in [7, 11) is 0. The smallest absolute Gasteiger partial charge is 0.411 e. The van der Waals surface area contributed by atoms with Crippen LogP contribution in [0, 0.1) is 0 Å². The molecule has 0 saturated heterocycles. The third kappa shape index (κ3) is 7.32. The topological polar surface area (TPSA) is 75.6 Å². The molecule has 116 valence electrons. The number of alkyl halides is 3. The van der Waals surface area contributed by atoms with Crippen LogP contribution in [0.15, 0.2) is 0 Å². The van der Waals surface area contributed by atoms with Crippen molar-refractivity contribution in [3.8, 4) is 0 Å².